The first-order valence-corrected chi connectivity index (χ1v) is 12.1. The van der Waals surface area contributed by atoms with Crippen LogP contribution in [0, 0.1) is 15.9 Å². The molecule has 4 rings (SSSR count). The Morgan fingerprint density at radius 1 is 1.21 bits per heavy atom. The van der Waals surface area contributed by atoms with Crippen molar-refractivity contribution < 1.29 is 18.6 Å². The minimum Gasteiger partial charge on any atom is -0.390 e. The number of nitrogens with one attached hydrogen (secondary N) is 2. The number of hydrogen-bond acceptors (Lipinski definition) is 8. The topological polar surface area (TPSA) is 141 Å². The predicted octanol–water partition coefficient (Wildman–Crippen LogP) is 4.08. The lowest BCUT2D eigenvalue weighted by Crippen LogP contribution is -2.39. The molecule has 0 atom stereocenters. The standard InChI is InChI=1S/C24H23BrFN9O3/c1-33-16(11-28-24(33)34(37)38)13-35(2,3)8-4-5-22(36)32-21-10-17-20(12-27-21)29-14-30-23(17)31-15-6-7-19(26)18(25)9-15/h4-7,9-12,14H,8,13H2,1-3H3,(H-,27,29,30,31,32,36)/p+1/b5-4+. The van der Waals surface area contributed by atoms with E-state index in [4.69, 9.17) is 0 Å². The van der Waals surface area contributed by atoms with Gasteiger partial charge in [0.25, 0.3) is 0 Å². The Kier molecular flexibility index (Phi) is 7.73. The van der Waals surface area contributed by atoms with E-state index in [0.29, 0.717) is 56.0 Å². The monoisotopic (exact) mass is 584 g/mol. The number of carbonyl (C=O) groups is 1. The van der Waals surface area contributed by atoms with E-state index >= 15 is 0 Å². The largest absolute Gasteiger partial charge is 0.434 e. The van der Waals surface area contributed by atoms with Crippen molar-refractivity contribution in [3.8, 4) is 0 Å². The summed E-state index contributed by atoms with van der Waals surface area (Å²) < 4.78 is 15.8. The summed E-state index contributed by atoms with van der Waals surface area (Å²) >= 11 is 3.17. The summed E-state index contributed by atoms with van der Waals surface area (Å²) in [7, 11) is 5.49. The van der Waals surface area contributed by atoms with Crippen LogP contribution in [0.25, 0.3) is 10.9 Å². The maximum absolute atomic E-state index is 13.6. The predicted molar refractivity (Wildman–Crippen MR) is 143 cm³/mol. The third kappa shape index (κ3) is 6.33. The Balaban J connectivity index is 1.42. The summed E-state index contributed by atoms with van der Waals surface area (Å²) in [6.07, 6.45) is 7.53. The molecule has 38 heavy (non-hydrogen) atoms. The summed E-state index contributed by atoms with van der Waals surface area (Å²) in [5.41, 5.74) is 1.89. The van der Waals surface area contributed by atoms with Crippen LogP contribution >= 0.6 is 15.9 Å². The van der Waals surface area contributed by atoms with Crippen LogP contribution in [0.5, 0.6) is 0 Å². The molecule has 4 aromatic rings. The zero-order valence-corrected chi connectivity index (χ0v) is 22.3. The molecule has 0 saturated carbocycles. The van der Waals surface area contributed by atoms with Crippen molar-refractivity contribution in [1.29, 1.82) is 0 Å². The van der Waals surface area contributed by atoms with E-state index in [0.717, 1.165) is 0 Å². The van der Waals surface area contributed by atoms with E-state index in [1.165, 1.54) is 35.4 Å². The van der Waals surface area contributed by atoms with Gasteiger partial charge in [-0.05, 0) is 51.2 Å². The summed E-state index contributed by atoms with van der Waals surface area (Å²) in [5, 5.41) is 17.5. The quantitative estimate of drug-likeness (QED) is 0.130. The van der Waals surface area contributed by atoms with Crippen LogP contribution in [-0.2, 0) is 18.4 Å². The number of quaternary nitrogens is 1. The molecular weight excluding hydrogens is 561 g/mol. The van der Waals surface area contributed by atoms with Gasteiger partial charge in [-0.3, -0.25) is 4.79 Å². The van der Waals surface area contributed by atoms with Crippen molar-refractivity contribution in [2.24, 2.45) is 7.05 Å². The smallest absolute Gasteiger partial charge is 0.390 e. The number of fused-ring (bicyclic) bond motifs is 1. The number of halogens is 2. The minimum atomic E-state index is -0.526. The second-order valence-electron chi connectivity index (χ2n) is 9.10. The van der Waals surface area contributed by atoms with Gasteiger partial charge in [0.2, 0.25) is 5.91 Å². The number of pyridine rings is 1. The number of carbonyl (C=O) groups excluding carboxylic acids is 1. The highest BCUT2D eigenvalue weighted by molar-refractivity contribution is 9.10. The molecule has 0 bridgehead atoms. The first kappa shape index (κ1) is 26.8. The van der Waals surface area contributed by atoms with Gasteiger partial charge in [-0.25, -0.2) is 23.9 Å². The number of aromatic nitrogens is 5. The van der Waals surface area contributed by atoms with E-state index in [-0.39, 0.29) is 17.7 Å². The molecule has 196 valence electrons. The molecule has 3 aromatic heterocycles. The molecule has 1 amide bonds. The molecule has 0 aliphatic carbocycles. The summed E-state index contributed by atoms with van der Waals surface area (Å²) in [5.74, 6) is -0.194. The third-order valence-corrected chi connectivity index (χ3v) is 6.25. The summed E-state index contributed by atoms with van der Waals surface area (Å²) in [6.45, 7) is 0.975. The van der Waals surface area contributed by atoms with Crippen LogP contribution < -0.4 is 10.6 Å². The molecule has 0 spiro atoms. The van der Waals surface area contributed by atoms with Crippen LogP contribution in [0.4, 0.5) is 27.7 Å². The number of nitrogens with zero attached hydrogens (tertiary/aromatic N) is 7. The van der Waals surface area contributed by atoms with Gasteiger partial charge in [0.1, 0.15) is 36.5 Å². The van der Waals surface area contributed by atoms with Crippen LogP contribution in [-0.4, -0.2) is 60.5 Å². The van der Waals surface area contributed by atoms with E-state index < -0.39 is 4.92 Å². The zero-order chi connectivity index (χ0) is 27.4. The second-order valence-corrected chi connectivity index (χ2v) is 9.95. The van der Waals surface area contributed by atoms with Gasteiger partial charge in [-0.1, -0.05) is 4.98 Å². The fraction of sp³-hybridized carbons (Fsp3) is 0.208. The molecule has 0 unspecified atom stereocenters. The molecule has 0 fully saturated rings. The Morgan fingerprint density at radius 2 is 2.00 bits per heavy atom. The molecule has 2 N–H and O–H groups in total. The van der Waals surface area contributed by atoms with Crippen LogP contribution in [0.1, 0.15) is 5.69 Å². The van der Waals surface area contributed by atoms with Crippen LogP contribution in [0.2, 0.25) is 0 Å². The number of amides is 1. The lowest BCUT2D eigenvalue weighted by atomic mass is 10.2. The number of likely N-dealkylation sites (N-methyl/N-ethyl adjacent to an activating group) is 1. The van der Waals surface area contributed by atoms with Crippen LogP contribution in [0.3, 0.4) is 0 Å². The van der Waals surface area contributed by atoms with Gasteiger partial charge in [0.15, 0.2) is 5.69 Å². The molecule has 12 nitrogen and oxygen atoms in total. The number of benzene rings is 1. The van der Waals surface area contributed by atoms with Crippen molar-refractivity contribution in [2.45, 2.75) is 6.54 Å². The molecule has 1 aromatic carbocycles. The van der Waals surface area contributed by atoms with Gasteiger partial charge in [0.05, 0.1) is 43.9 Å². The lowest BCUT2D eigenvalue weighted by molar-refractivity contribution is -0.898. The van der Waals surface area contributed by atoms with Gasteiger partial charge in [-0.2, -0.15) is 0 Å². The van der Waals surface area contributed by atoms with Crippen molar-refractivity contribution in [2.75, 3.05) is 31.3 Å². The molecule has 14 heteroatoms. The fourth-order valence-electron chi connectivity index (χ4n) is 3.70. The average molecular weight is 585 g/mol. The minimum absolute atomic E-state index is 0.216. The van der Waals surface area contributed by atoms with Crippen molar-refractivity contribution in [3.05, 3.63) is 81.2 Å². The normalized spacial score (nSPS) is 11.7. The summed E-state index contributed by atoms with van der Waals surface area (Å²) in [6, 6.07) is 6.15. The summed E-state index contributed by atoms with van der Waals surface area (Å²) in [4.78, 5) is 39.6. The number of anilines is 3. The molecule has 0 aliphatic rings. The SMILES string of the molecule is Cn1c(C[N+](C)(C)C/C=C/C(=O)Nc2cc3c(Nc4ccc(F)c(Br)c4)ncnc3cn2)cnc1[N+](=O)[O-]. The van der Waals surface area contributed by atoms with Crippen molar-refractivity contribution in [3.63, 3.8) is 0 Å². The van der Waals surface area contributed by atoms with E-state index in [9.17, 15) is 19.3 Å². The van der Waals surface area contributed by atoms with E-state index in [2.05, 4.69) is 46.5 Å². The maximum Gasteiger partial charge on any atom is 0.434 e. The third-order valence-electron chi connectivity index (χ3n) is 5.64. The Labute approximate surface area is 225 Å². The highest BCUT2D eigenvalue weighted by Crippen LogP contribution is 2.27. The van der Waals surface area contributed by atoms with Gasteiger partial charge in [-0.15, -0.1) is 0 Å². The van der Waals surface area contributed by atoms with Crippen LogP contribution in [0.15, 0.2) is 59.6 Å². The fourth-order valence-corrected chi connectivity index (χ4v) is 4.08. The van der Waals surface area contributed by atoms with E-state index in [1.807, 2.05) is 14.1 Å². The molecule has 0 saturated heterocycles. The number of nitro groups is 1. The Morgan fingerprint density at radius 3 is 2.71 bits per heavy atom. The Bertz CT molecular complexity index is 1550. The highest BCUT2D eigenvalue weighted by Gasteiger charge is 2.24. The van der Waals surface area contributed by atoms with Gasteiger partial charge in [0, 0.05) is 17.1 Å². The maximum atomic E-state index is 13.6. The first-order chi connectivity index (χ1) is 18.0. The first-order valence-electron chi connectivity index (χ1n) is 11.3. The molecule has 3 heterocycles. The number of imidazole rings is 1. The van der Waals surface area contributed by atoms with E-state index in [1.54, 1.807) is 31.3 Å². The molecule has 0 aliphatic heterocycles. The molecular formula is C24H24BrFN9O3+. The number of hydrogen-bond donors (Lipinski definition) is 2. The number of rotatable bonds is 9. The van der Waals surface area contributed by atoms with Gasteiger partial charge < -0.3 is 25.2 Å². The average Bonchev–Trinajstić information content (AvgIpc) is 3.21. The highest BCUT2D eigenvalue weighted by atomic mass is 79.9. The van der Waals surface area contributed by atoms with Crippen molar-refractivity contribution >= 4 is 56.0 Å². The lowest BCUT2D eigenvalue weighted by Gasteiger charge is -2.27. The van der Waals surface area contributed by atoms with Gasteiger partial charge >= 0.3 is 5.95 Å². The molecule has 0 radical (unpaired) electrons. The van der Waals surface area contributed by atoms with Crippen molar-refractivity contribution in [1.82, 2.24) is 24.5 Å². The second kappa shape index (κ2) is 11.0. The Hall–Kier alpha value is -4.30. The zero-order valence-electron chi connectivity index (χ0n) is 20.7.